The van der Waals surface area contributed by atoms with Crippen LogP contribution in [0, 0.1) is 0 Å². The molecule has 1 fully saturated rings. The maximum Gasteiger partial charge on any atom is 0.270 e. The normalized spacial score (nSPS) is 18.9. The zero-order chi connectivity index (χ0) is 18.3. The lowest BCUT2D eigenvalue weighted by molar-refractivity contribution is -0.122. The van der Waals surface area contributed by atoms with Crippen molar-refractivity contribution in [3.63, 3.8) is 0 Å². The summed E-state index contributed by atoms with van der Waals surface area (Å²) in [4.78, 5) is 27.7. The highest BCUT2D eigenvalue weighted by atomic mass is 35.5. The first-order valence-electron chi connectivity index (χ1n) is 8.31. The topological polar surface area (TPSA) is 49.4 Å². The van der Waals surface area contributed by atoms with Gasteiger partial charge in [0, 0.05) is 9.90 Å². The first kappa shape index (κ1) is 17.4. The molecule has 4 nitrogen and oxygen atoms in total. The van der Waals surface area contributed by atoms with Gasteiger partial charge in [0.15, 0.2) is 5.11 Å². The Hall–Kier alpha value is -2.02. The number of anilines is 1. The zero-order valence-electron chi connectivity index (χ0n) is 13.8. The minimum Gasteiger partial charge on any atom is -0.298 e. The summed E-state index contributed by atoms with van der Waals surface area (Å²) in [5.41, 5.74) is 3.27. The van der Waals surface area contributed by atoms with Crippen molar-refractivity contribution in [2.75, 3.05) is 4.90 Å². The molecule has 2 heterocycles. The number of aryl methyl sites for hydroxylation is 1. The lowest BCUT2D eigenvalue weighted by Crippen LogP contribution is -2.54. The van der Waals surface area contributed by atoms with Crippen molar-refractivity contribution in [3.05, 3.63) is 56.2 Å². The molecule has 0 atom stereocenters. The van der Waals surface area contributed by atoms with Gasteiger partial charge in [-0.05, 0) is 84.7 Å². The molecule has 0 bridgehead atoms. The van der Waals surface area contributed by atoms with Crippen LogP contribution in [-0.4, -0.2) is 16.9 Å². The summed E-state index contributed by atoms with van der Waals surface area (Å²) in [6.45, 7) is 0. The third-order valence-electron chi connectivity index (χ3n) is 4.60. The molecular formula is C19H15ClN2O2S2. The van der Waals surface area contributed by atoms with Gasteiger partial charge in [-0.3, -0.25) is 19.8 Å². The maximum atomic E-state index is 13.0. The van der Waals surface area contributed by atoms with Crippen LogP contribution in [0.15, 0.2) is 35.2 Å². The van der Waals surface area contributed by atoms with E-state index >= 15 is 0 Å². The van der Waals surface area contributed by atoms with Crippen molar-refractivity contribution in [1.29, 1.82) is 0 Å². The Balaban J connectivity index is 1.72. The van der Waals surface area contributed by atoms with Crippen molar-refractivity contribution in [2.24, 2.45) is 0 Å². The van der Waals surface area contributed by atoms with Gasteiger partial charge < -0.3 is 0 Å². The van der Waals surface area contributed by atoms with E-state index in [2.05, 4.69) is 10.7 Å². The standard InChI is InChI=1S/C19H15ClN2O2S2/c20-12-5-7-13(8-6-12)22-18(24)15(17(23)21-19(22)25)9-16-14-4-2-1-3-11(14)10-26-16/h5-10H,1-4H2,(H,21,23,25). The predicted octanol–water partition coefficient (Wildman–Crippen LogP) is 4.11. The predicted molar refractivity (Wildman–Crippen MR) is 109 cm³/mol. The summed E-state index contributed by atoms with van der Waals surface area (Å²) in [6.07, 6.45) is 6.10. The maximum absolute atomic E-state index is 13.0. The van der Waals surface area contributed by atoms with Crippen molar-refractivity contribution in [3.8, 4) is 0 Å². The molecule has 1 aliphatic heterocycles. The Kier molecular flexibility index (Phi) is 4.65. The molecule has 1 saturated heterocycles. The lowest BCUT2D eigenvalue weighted by atomic mass is 9.93. The Labute approximate surface area is 165 Å². The number of rotatable bonds is 2. The number of thiocarbonyl (C=S) groups is 1. The molecule has 132 valence electrons. The number of nitrogens with zero attached hydrogens (tertiary/aromatic N) is 1. The van der Waals surface area contributed by atoms with Gasteiger partial charge in [-0.1, -0.05) is 11.6 Å². The number of benzene rings is 1. The monoisotopic (exact) mass is 402 g/mol. The Morgan fingerprint density at radius 3 is 2.65 bits per heavy atom. The van der Waals surface area contributed by atoms with E-state index in [-0.39, 0.29) is 10.7 Å². The summed E-state index contributed by atoms with van der Waals surface area (Å²) < 4.78 is 0. The van der Waals surface area contributed by atoms with E-state index in [0.717, 1.165) is 24.1 Å². The SMILES string of the molecule is O=C1NC(=S)N(c2ccc(Cl)cc2)C(=O)C1=Cc1scc2c1CCCC2. The van der Waals surface area contributed by atoms with Crippen LogP contribution in [0.25, 0.3) is 6.08 Å². The van der Waals surface area contributed by atoms with Crippen molar-refractivity contribution >= 4 is 63.8 Å². The number of hydrogen-bond acceptors (Lipinski definition) is 4. The molecule has 2 aliphatic rings. The minimum atomic E-state index is -0.455. The number of amides is 2. The fourth-order valence-electron chi connectivity index (χ4n) is 3.28. The molecule has 1 aromatic heterocycles. The summed E-state index contributed by atoms with van der Waals surface area (Å²) in [5, 5.41) is 5.39. The summed E-state index contributed by atoms with van der Waals surface area (Å²) in [5.74, 6) is -0.873. The molecule has 7 heteroatoms. The van der Waals surface area contributed by atoms with Gasteiger partial charge >= 0.3 is 0 Å². The number of nitrogens with one attached hydrogen (secondary N) is 1. The van der Waals surface area contributed by atoms with Gasteiger partial charge in [0.05, 0.1) is 5.69 Å². The molecule has 1 aromatic carbocycles. The fraction of sp³-hybridized carbons (Fsp3) is 0.211. The van der Waals surface area contributed by atoms with Gasteiger partial charge in [0.1, 0.15) is 5.57 Å². The Morgan fingerprint density at radius 1 is 1.15 bits per heavy atom. The molecule has 0 radical (unpaired) electrons. The smallest absolute Gasteiger partial charge is 0.270 e. The van der Waals surface area contributed by atoms with Crippen molar-refractivity contribution in [1.82, 2.24) is 5.32 Å². The molecule has 2 aromatic rings. The molecule has 0 saturated carbocycles. The van der Waals surface area contributed by atoms with E-state index in [9.17, 15) is 9.59 Å². The summed E-state index contributed by atoms with van der Waals surface area (Å²) in [7, 11) is 0. The highest BCUT2D eigenvalue weighted by Gasteiger charge is 2.34. The first-order chi connectivity index (χ1) is 12.5. The zero-order valence-corrected chi connectivity index (χ0v) is 16.1. The largest absolute Gasteiger partial charge is 0.298 e. The van der Waals surface area contributed by atoms with E-state index in [0.29, 0.717) is 10.7 Å². The third kappa shape index (κ3) is 3.09. The van der Waals surface area contributed by atoms with Gasteiger partial charge in [0.25, 0.3) is 11.8 Å². The molecule has 1 aliphatic carbocycles. The quantitative estimate of drug-likeness (QED) is 0.467. The van der Waals surface area contributed by atoms with Crippen molar-refractivity contribution in [2.45, 2.75) is 25.7 Å². The molecule has 1 N–H and O–H groups in total. The number of hydrogen-bond donors (Lipinski definition) is 1. The average Bonchev–Trinajstić information content (AvgIpc) is 3.03. The number of carbonyl (C=O) groups excluding carboxylic acids is 2. The van der Waals surface area contributed by atoms with Crippen LogP contribution in [0.1, 0.15) is 28.8 Å². The van der Waals surface area contributed by atoms with E-state index in [1.165, 1.54) is 22.4 Å². The van der Waals surface area contributed by atoms with Gasteiger partial charge in [0.2, 0.25) is 0 Å². The van der Waals surface area contributed by atoms with E-state index in [1.54, 1.807) is 41.7 Å². The van der Waals surface area contributed by atoms with Crippen LogP contribution < -0.4 is 10.2 Å². The van der Waals surface area contributed by atoms with E-state index in [1.807, 2.05) is 0 Å². The first-order valence-corrected chi connectivity index (χ1v) is 9.97. The number of carbonyl (C=O) groups is 2. The van der Waals surface area contributed by atoms with E-state index in [4.69, 9.17) is 23.8 Å². The van der Waals surface area contributed by atoms with Gasteiger partial charge in [-0.15, -0.1) is 11.3 Å². The second kappa shape index (κ2) is 6.95. The van der Waals surface area contributed by atoms with E-state index < -0.39 is 11.8 Å². The second-order valence-electron chi connectivity index (χ2n) is 6.25. The molecule has 0 unspecified atom stereocenters. The minimum absolute atomic E-state index is 0.0766. The van der Waals surface area contributed by atoms with Gasteiger partial charge in [-0.2, -0.15) is 0 Å². The van der Waals surface area contributed by atoms with Crippen LogP contribution in [0.4, 0.5) is 5.69 Å². The number of thiophene rings is 1. The number of fused-ring (bicyclic) bond motifs is 1. The highest BCUT2D eigenvalue weighted by Crippen LogP contribution is 2.32. The fourth-order valence-corrected chi connectivity index (χ4v) is 4.78. The second-order valence-corrected chi connectivity index (χ2v) is 7.98. The van der Waals surface area contributed by atoms with Crippen LogP contribution in [0.5, 0.6) is 0 Å². The average molecular weight is 403 g/mol. The summed E-state index contributed by atoms with van der Waals surface area (Å²) >= 11 is 12.7. The van der Waals surface area contributed by atoms with Crippen molar-refractivity contribution < 1.29 is 9.59 Å². The molecule has 26 heavy (non-hydrogen) atoms. The van der Waals surface area contributed by atoms with Crippen LogP contribution in [0.2, 0.25) is 5.02 Å². The van der Waals surface area contributed by atoms with Crippen LogP contribution in [-0.2, 0) is 22.4 Å². The van der Waals surface area contributed by atoms with Crippen LogP contribution >= 0.6 is 35.2 Å². The number of halogens is 1. The van der Waals surface area contributed by atoms with Gasteiger partial charge in [-0.25, -0.2) is 0 Å². The third-order valence-corrected chi connectivity index (χ3v) is 6.16. The summed E-state index contributed by atoms with van der Waals surface area (Å²) in [6, 6.07) is 6.77. The van der Waals surface area contributed by atoms with Crippen LogP contribution in [0.3, 0.4) is 0 Å². The highest BCUT2D eigenvalue weighted by molar-refractivity contribution is 7.80. The molecule has 0 spiro atoms. The lowest BCUT2D eigenvalue weighted by Gasteiger charge is -2.29. The molecule has 2 amide bonds. The molecule has 4 rings (SSSR count). The Morgan fingerprint density at radius 2 is 1.88 bits per heavy atom. The Bertz CT molecular complexity index is 947. The molecular weight excluding hydrogens is 388 g/mol.